The first-order valence-electron chi connectivity index (χ1n) is 8.43. The number of nitrogens with zero attached hydrogens (tertiary/aromatic N) is 1. The molecule has 1 N–H and O–H groups in total. The average molecular weight is 302 g/mol. The molecule has 0 unspecified atom stereocenters. The molecule has 0 radical (unpaired) electrons. The van der Waals surface area contributed by atoms with Crippen LogP contribution in [0.4, 0.5) is 0 Å². The van der Waals surface area contributed by atoms with E-state index < -0.39 is 6.10 Å². The zero-order valence-corrected chi connectivity index (χ0v) is 13.3. The van der Waals surface area contributed by atoms with Crippen LogP contribution in [0.2, 0.25) is 0 Å². The molecule has 4 nitrogen and oxygen atoms in total. The van der Waals surface area contributed by atoms with Gasteiger partial charge in [0.15, 0.2) is 6.10 Å². The topological polar surface area (TPSA) is 41.6 Å². The summed E-state index contributed by atoms with van der Waals surface area (Å²) in [6, 6.07) is 10.5. The Morgan fingerprint density at radius 1 is 1.18 bits per heavy atom. The summed E-state index contributed by atoms with van der Waals surface area (Å²) in [5, 5.41) is 3.22. The van der Waals surface area contributed by atoms with Gasteiger partial charge in [0.1, 0.15) is 0 Å². The van der Waals surface area contributed by atoms with E-state index in [1.54, 1.807) is 0 Å². The number of carbonyl (C=O) groups is 1. The number of likely N-dealkylation sites (N-methyl/N-ethyl adjacent to an activating group) is 1. The molecular formula is C18H26N2O2. The summed E-state index contributed by atoms with van der Waals surface area (Å²) in [6.45, 7) is 1.47. The number of nitrogens with one attached hydrogen (secondary N) is 1. The lowest BCUT2D eigenvalue weighted by molar-refractivity contribution is -0.145. The van der Waals surface area contributed by atoms with Gasteiger partial charge in [0, 0.05) is 12.6 Å². The predicted molar refractivity (Wildman–Crippen MR) is 86.6 cm³/mol. The second kappa shape index (κ2) is 7.25. The summed E-state index contributed by atoms with van der Waals surface area (Å²) in [4.78, 5) is 15.0. The molecule has 1 heterocycles. The van der Waals surface area contributed by atoms with Crippen LogP contribution in [0.15, 0.2) is 30.3 Å². The third-order valence-electron chi connectivity index (χ3n) is 4.85. The fraction of sp³-hybridized carbons (Fsp3) is 0.611. The maximum Gasteiger partial charge on any atom is 0.251 e. The monoisotopic (exact) mass is 302 g/mol. The van der Waals surface area contributed by atoms with Crippen molar-refractivity contribution in [3.8, 4) is 0 Å². The first-order valence-corrected chi connectivity index (χ1v) is 8.43. The number of ether oxygens (including phenoxy) is 1. The summed E-state index contributed by atoms with van der Waals surface area (Å²) >= 11 is 0. The van der Waals surface area contributed by atoms with Gasteiger partial charge in [-0.2, -0.15) is 0 Å². The molecule has 1 saturated carbocycles. The molecule has 0 bridgehead atoms. The molecule has 4 heteroatoms. The highest BCUT2D eigenvalue weighted by molar-refractivity contribution is 5.82. The molecule has 1 aliphatic heterocycles. The summed E-state index contributed by atoms with van der Waals surface area (Å²) < 4.78 is 5.87. The lowest BCUT2D eigenvalue weighted by atomic mass is 9.94. The lowest BCUT2D eigenvalue weighted by Gasteiger charge is -2.39. The molecule has 2 atom stereocenters. The Morgan fingerprint density at radius 3 is 2.64 bits per heavy atom. The van der Waals surface area contributed by atoms with Crippen molar-refractivity contribution >= 4 is 5.91 Å². The van der Waals surface area contributed by atoms with Crippen LogP contribution in [0.3, 0.4) is 0 Å². The Morgan fingerprint density at radius 2 is 1.91 bits per heavy atom. The van der Waals surface area contributed by atoms with E-state index in [1.165, 1.54) is 19.3 Å². The minimum atomic E-state index is -0.414. The molecule has 1 amide bonds. The Balaban J connectivity index is 1.72. The second-order valence-corrected chi connectivity index (χ2v) is 6.47. The smallest absolute Gasteiger partial charge is 0.251 e. The first-order chi connectivity index (χ1) is 10.8. The number of hydrogen-bond acceptors (Lipinski definition) is 3. The largest absolute Gasteiger partial charge is 0.365 e. The standard InChI is InChI=1S/C18H26N2O2/c1-20-12-13-22-17(16(20)14-8-4-2-5-9-14)18(21)19-15-10-6-3-7-11-15/h2,4-5,8-9,15-17H,3,6-7,10-13H2,1H3,(H,19,21)/t16-,17+/m0/s1. The number of carbonyl (C=O) groups excluding carboxylic acids is 1. The van der Waals surface area contributed by atoms with Crippen molar-refractivity contribution < 1.29 is 9.53 Å². The van der Waals surface area contributed by atoms with Gasteiger partial charge < -0.3 is 10.1 Å². The van der Waals surface area contributed by atoms with E-state index in [0.717, 1.165) is 24.9 Å². The van der Waals surface area contributed by atoms with Crippen molar-refractivity contribution in [2.24, 2.45) is 0 Å². The quantitative estimate of drug-likeness (QED) is 0.933. The van der Waals surface area contributed by atoms with Crippen LogP contribution in [0.1, 0.15) is 43.7 Å². The highest BCUT2D eigenvalue weighted by atomic mass is 16.5. The van der Waals surface area contributed by atoms with Crippen molar-refractivity contribution in [1.82, 2.24) is 10.2 Å². The highest BCUT2D eigenvalue weighted by Crippen LogP contribution is 2.29. The molecule has 0 spiro atoms. The van der Waals surface area contributed by atoms with Gasteiger partial charge in [0.2, 0.25) is 0 Å². The molecule has 2 fully saturated rings. The van der Waals surface area contributed by atoms with Crippen molar-refractivity contribution in [2.75, 3.05) is 20.2 Å². The van der Waals surface area contributed by atoms with Crippen molar-refractivity contribution in [3.05, 3.63) is 35.9 Å². The molecule has 3 rings (SSSR count). The molecule has 1 aromatic carbocycles. The fourth-order valence-electron chi connectivity index (χ4n) is 3.61. The molecule has 1 aliphatic carbocycles. The van der Waals surface area contributed by atoms with Gasteiger partial charge in [-0.3, -0.25) is 9.69 Å². The normalized spacial score (nSPS) is 27.5. The van der Waals surface area contributed by atoms with Gasteiger partial charge in [-0.1, -0.05) is 49.6 Å². The van der Waals surface area contributed by atoms with E-state index in [0.29, 0.717) is 12.6 Å². The number of amides is 1. The van der Waals surface area contributed by atoms with E-state index in [1.807, 2.05) is 18.2 Å². The van der Waals surface area contributed by atoms with E-state index in [-0.39, 0.29) is 11.9 Å². The van der Waals surface area contributed by atoms with E-state index >= 15 is 0 Å². The minimum Gasteiger partial charge on any atom is -0.365 e. The molecule has 1 saturated heterocycles. The van der Waals surface area contributed by atoms with Crippen LogP contribution >= 0.6 is 0 Å². The Hall–Kier alpha value is -1.39. The van der Waals surface area contributed by atoms with Crippen LogP contribution in [-0.4, -0.2) is 43.2 Å². The number of morpholine rings is 1. The van der Waals surface area contributed by atoms with Gasteiger partial charge in [-0.15, -0.1) is 0 Å². The zero-order chi connectivity index (χ0) is 15.4. The van der Waals surface area contributed by atoms with Gasteiger partial charge in [0.25, 0.3) is 5.91 Å². The summed E-state index contributed by atoms with van der Waals surface area (Å²) in [5.41, 5.74) is 1.15. The minimum absolute atomic E-state index is 0.00135. The van der Waals surface area contributed by atoms with Gasteiger partial charge in [0.05, 0.1) is 12.6 Å². The summed E-state index contributed by atoms with van der Waals surface area (Å²) in [6.07, 6.45) is 5.52. The van der Waals surface area contributed by atoms with Gasteiger partial charge >= 0.3 is 0 Å². The van der Waals surface area contributed by atoms with E-state index in [2.05, 4.69) is 29.4 Å². The van der Waals surface area contributed by atoms with Crippen LogP contribution in [0, 0.1) is 0 Å². The van der Waals surface area contributed by atoms with Crippen molar-refractivity contribution in [1.29, 1.82) is 0 Å². The molecule has 2 aliphatic rings. The fourth-order valence-corrected chi connectivity index (χ4v) is 3.61. The van der Waals surface area contributed by atoms with Crippen LogP contribution in [-0.2, 0) is 9.53 Å². The summed E-state index contributed by atoms with van der Waals surface area (Å²) in [5.74, 6) is 0.0484. The van der Waals surface area contributed by atoms with Gasteiger partial charge in [-0.25, -0.2) is 0 Å². The van der Waals surface area contributed by atoms with E-state index in [9.17, 15) is 4.79 Å². The molecule has 22 heavy (non-hydrogen) atoms. The molecule has 1 aromatic rings. The van der Waals surface area contributed by atoms with Crippen LogP contribution < -0.4 is 5.32 Å². The molecular weight excluding hydrogens is 276 g/mol. The van der Waals surface area contributed by atoms with E-state index in [4.69, 9.17) is 4.74 Å². The number of rotatable bonds is 3. The van der Waals surface area contributed by atoms with Crippen molar-refractivity contribution in [2.45, 2.75) is 50.3 Å². The zero-order valence-electron chi connectivity index (χ0n) is 13.3. The summed E-state index contributed by atoms with van der Waals surface area (Å²) in [7, 11) is 2.07. The average Bonchev–Trinajstić information content (AvgIpc) is 2.56. The SMILES string of the molecule is CN1CCO[C@@H](C(=O)NC2CCCCC2)[C@@H]1c1ccccc1. The Labute approximate surface area is 132 Å². The lowest BCUT2D eigenvalue weighted by Crippen LogP contribution is -2.52. The molecule has 120 valence electrons. The van der Waals surface area contributed by atoms with Crippen LogP contribution in [0.25, 0.3) is 0 Å². The second-order valence-electron chi connectivity index (χ2n) is 6.47. The Kier molecular flexibility index (Phi) is 5.11. The third kappa shape index (κ3) is 3.50. The Bertz CT molecular complexity index is 485. The molecule has 0 aromatic heterocycles. The maximum atomic E-state index is 12.7. The highest BCUT2D eigenvalue weighted by Gasteiger charge is 2.37. The van der Waals surface area contributed by atoms with Gasteiger partial charge in [-0.05, 0) is 25.5 Å². The third-order valence-corrected chi connectivity index (χ3v) is 4.85. The first kappa shape index (κ1) is 15.5. The van der Waals surface area contributed by atoms with Crippen LogP contribution in [0.5, 0.6) is 0 Å². The predicted octanol–water partition coefficient (Wildman–Crippen LogP) is 2.51. The van der Waals surface area contributed by atoms with Crippen molar-refractivity contribution in [3.63, 3.8) is 0 Å². The maximum absolute atomic E-state index is 12.7. The number of benzene rings is 1. The number of hydrogen-bond donors (Lipinski definition) is 1.